The number of alkyl carbamates (subject to hydrolysis) is 1. The van der Waals surface area contributed by atoms with Crippen LogP contribution in [0, 0.1) is 5.41 Å². The van der Waals surface area contributed by atoms with Gasteiger partial charge in [-0.05, 0) is 27.7 Å². The van der Waals surface area contributed by atoms with Crippen LogP contribution in [0.5, 0.6) is 0 Å². The summed E-state index contributed by atoms with van der Waals surface area (Å²) in [6.07, 6.45) is -0.664. The predicted octanol–water partition coefficient (Wildman–Crippen LogP) is -0.0482. The monoisotopic (exact) mass is 244 g/mol. The zero-order chi connectivity index (χ0) is 13.6. The molecule has 2 amide bonds. The Labute approximate surface area is 101 Å². The number of rotatable bonds is 4. The number of amides is 2. The summed E-state index contributed by atoms with van der Waals surface area (Å²) in [4.78, 5) is 22.7. The molecule has 0 aromatic carbocycles. The van der Waals surface area contributed by atoms with Crippen molar-refractivity contribution in [1.82, 2.24) is 10.6 Å². The van der Waals surface area contributed by atoms with Crippen LogP contribution in [0.1, 0.15) is 27.7 Å². The molecule has 7 nitrogen and oxygen atoms in total. The van der Waals surface area contributed by atoms with Gasteiger partial charge in [0.15, 0.2) is 0 Å². The summed E-state index contributed by atoms with van der Waals surface area (Å²) in [5.74, 6) is -0.575. The Bertz CT molecular complexity index is 309. The fraction of sp³-hybridized carbons (Fsp3) is 0.700. The molecule has 98 valence electrons. The van der Waals surface area contributed by atoms with Gasteiger partial charge in [-0.15, -0.1) is 0 Å². The minimum absolute atomic E-state index is 0.0425. The first kappa shape index (κ1) is 15.2. The van der Waals surface area contributed by atoms with Crippen molar-refractivity contribution >= 4 is 17.8 Å². The summed E-state index contributed by atoms with van der Waals surface area (Å²) in [5.41, 5.74) is 4.47. The lowest BCUT2D eigenvalue weighted by atomic mass is 10.2. The molecule has 5 N–H and O–H groups in total. The third kappa shape index (κ3) is 8.06. The Hall–Kier alpha value is -1.79. The van der Waals surface area contributed by atoms with E-state index in [2.05, 4.69) is 10.6 Å². The van der Waals surface area contributed by atoms with Crippen molar-refractivity contribution in [2.45, 2.75) is 39.3 Å². The van der Waals surface area contributed by atoms with Gasteiger partial charge in [-0.25, -0.2) is 4.79 Å². The number of carbonyl (C=O) groups excluding carboxylic acids is 2. The minimum atomic E-state index is -0.746. The van der Waals surface area contributed by atoms with Crippen molar-refractivity contribution in [3.8, 4) is 0 Å². The summed E-state index contributed by atoms with van der Waals surface area (Å²) >= 11 is 0. The highest BCUT2D eigenvalue weighted by Crippen LogP contribution is 2.06. The summed E-state index contributed by atoms with van der Waals surface area (Å²) in [6, 6.07) is -0.746. The fourth-order valence-electron chi connectivity index (χ4n) is 0.885. The summed E-state index contributed by atoms with van der Waals surface area (Å²) in [7, 11) is 0. The molecule has 0 radical (unpaired) electrons. The van der Waals surface area contributed by atoms with Crippen LogP contribution >= 0.6 is 0 Å². The van der Waals surface area contributed by atoms with Crippen molar-refractivity contribution < 1.29 is 14.3 Å². The molecule has 0 bridgehead atoms. The van der Waals surface area contributed by atoms with Gasteiger partial charge in [-0.1, -0.05) is 0 Å². The summed E-state index contributed by atoms with van der Waals surface area (Å²) < 4.78 is 4.99. The van der Waals surface area contributed by atoms with E-state index in [0.717, 1.165) is 0 Å². The number of ether oxygens (including phenoxy) is 1. The quantitative estimate of drug-likeness (QED) is 0.409. The molecule has 0 rings (SSSR count). The smallest absolute Gasteiger partial charge is 0.408 e. The first-order chi connectivity index (χ1) is 7.61. The van der Waals surface area contributed by atoms with Crippen LogP contribution in [-0.4, -0.2) is 36.0 Å². The van der Waals surface area contributed by atoms with Crippen LogP contribution in [0.15, 0.2) is 0 Å². The molecule has 0 aromatic heterocycles. The minimum Gasteiger partial charge on any atom is -0.444 e. The molecule has 7 heteroatoms. The third-order valence-electron chi connectivity index (χ3n) is 1.58. The van der Waals surface area contributed by atoms with E-state index in [1.807, 2.05) is 0 Å². The molecule has 0 spiro atoms. The first-order valence-corrected chi connectivity index (χ1v) is 5.22. The van der Waals surface area contributed by atoms with Gasteiger partial charge < -0.3 is 21.1 Å². The van der Waals surface area contributed by atoms with Crippen LogP contribution in [0.2, 0.25) is 0 Å². The second kappa shape index (κ2) is 6.07. The average molecular weight is 244 g/mol. The average Bonchev–Trinajstić information content (AvgIpc) is 2.10. The fourth-order valence-corrected chi connectivity index (χ4v) is 0.885. The second-order valence-electron chi connectivity index (χ2n) is 4.61. The molecular formula is C10H20N4O3. The Kier molecular flexibility index (Phi) is 5.43. The molecule has 0 aliphatic carbocycles. The molecule has 1 unspecified atom stereocenters. The maximum atomic E-state index is 11.4. The SMILES string of the molecule is CC(NC(=O)OC(C)(C)C)C(=O)NCC(=N)N. The summed E-state index contributed by atoms with van der Waals surface area (Å²) in [6.45, 7) is 6.66. The molecule has 0 aliphatic rings. The van der Waals surface area contributed by atoms with Gasteiger partial charge in [-0.2, -0.15) is 0 Å². The van der Waals surface area contributed by atoms with Gasteiger partial charge in [0.2, 0.25) is 5.91 Å². The molecular weight excluding hydrogens is 224 g/mol. The standard InChI is InChI=1S/C10H20N4O3/c1-6(8(15)13-5-7(11)12)14-9(16)17-10(2,3)4/h6H,5H2,1-4H3,(H3,11,12)(H,13,15)(H,14,16). The Balaban J connectivity index is 4.08. The maximum Gasteiger partial charge on any atom is 0.408 e. The second-order valence-corrected chi connectivity index (χ2v) is 4.61. The molecule has 0 heterocycles. The third-order valence-corrected chi connectivity index (χ3v) is 1.58. The van der Waals surface area contributed by atoms with E-state index in [1.165, 1.54) is 6.92 Å². The van der Waals surface area contributed by atoms with E-state index in [9.17, 15) is 9.59 Å². The van der Waals surface area contributed by atoms with E-state index >= 15 is 0 Å². The van der Waals surface area contributed by atoms with Crippen LogP contribution in [0.4, 0.5) is 4.79 Å². The Morgan fingerprint density at radius 3 is 2.35 bits per heavy atom. The Morgan fingerprint density at radius 2 is 1.94 bits per heavy atom. The van der Waals surface area contributed by atoms with Crippen molar-refractivity contribution in [3.05, 3.63) is 0 Å². The van der Waals surface area contributed by atoms with Crippen molar-refractivity contribution in [2.24, 2.45) is 5.73 Å². The largest absolute Gasteiger partial charge is 0.444 e. The van der Waals surface area contributed by atoms with E-state index in [0.29, 0.717) is 0 Å². The van der Waals surface area contributed by atoms with Gasteiger partial charge in [0.1, 0.15) is 17.5 Å². The number of amidine groups is 1. The molecule has 0 saturated heterocycles. The predicted molar refractivity (Wildman–Crippen MR) is 63.8 cm³/mol. The molecule has 0 fully saturated rings. The number of carbonyl (C=O) groups is 2. The highest BCUT2D eigenvalue weighted by molar-refractivity contribution is 5.89. The normalized spacial score (nSPS) is 12.5. The van der Waals surface area contributed by atoms with Gasteiger partial charge in [0, 0.05) is 0 Å². The summed E-state index contributed by atoms with van der Waals surface area (Å²) in [5, 5.41) is 11.7. The zero-order valence-electron chi connectivity index (χ0n) is 10.6. The van der Waals surface area contributed by atoms with E-state index in [1.54, 1.807) is 20.8 Å². The van der Waals surface area contributed by atoms with Gasteiger partial charge >= 0.3 is 6.09 Å². The first-order valence-electron chi connectivity index (χ1n) is 5.22. The van der Waals surface area contributed by atoms with Crippen LogP contribution < -0.4 is 16.4 Å². The number of nitrogens with one attached hydrogen (secondary N) is 3. The van der Waals surface area contributed by atoms with Gasteiger partial charge in [0.05, 0.1) is 6.54 Å². The molecule has 0 aliphatic heterocycles. The highest BCUT2D eigenvalue weighted by Gasteiger charge is 2.20. The van der Waals surface area contributed by atoms with Crippen molar-refractivity contribution in [3.63, 3.8) is 0 Å². The Morgan fingerprint density at radius 1 is 1.41 bits per heavy atom. The van der Waals surface area contributed by atoms with Crippen molar-refractivity contribution in [2.75, 3.05) is 6.54 Å². The van der Waals surface area contributed by atoms with Crippen LogP contribution in [0.25, 0.3) is 0 Å². The van der Waals surface area contributed by atoms with Crippen LogP contribution in [-0.2, 0) is 9.53 Å². The topological polar surface area (TPSA) is 117 Å². The molecule has 1 atom stereocenters. The number of hydrogen-bond acceptors (Lipinski definition) is 4. The number of hydrogen-bond donors (Lipinski definition) is 4. The van der Waals surface area contributed by atoms with Gasteiger partial charge in [-0.3, -0.25) is 10.2 Å². The molecule has 0 saturated carbocycles. The lowest BCUT2D eigenvalue weighted by Gasteiger charge is -2.21. The van der Waals surface area contributed by atoms with Gasteiger partial charge in [0.25, 0.3) is 0 Å². The van der Waals surface area contributed by atoms with Crippen LogP contribution in [0.3, 0.4) is 0 Å². The van der Waals surface area contributed by atoms with Crippen molar-refractivity contribution in [1.29, 1.82) is 5.41 Å². The van der Waals surface area contributed by atoms with E-state index in [4.69, 9.17) is 15.9 Å². The lowest BCUT2D eigenvalue weighted by molar-refractivity contribution is -0.122. The maximum absolute atomic E-state index is 11.4. The highest BCUT2D eigenvalue weighted by atomic mass is 16.6. The number of nitrogens with two attached hydrogens (primary N) is 1. The lowest BCUT2D eigenvalue weighted by Crippen LogP contribution is -2.48. The molecule has 17 heavy (non-hydrogen) atoms. The van der Waals surface area contributed by atoms with E-state index in [-0.39, 0.29) is 12.4 Å². The van der Waals surface area contributed by atoms with E-state index < -0.39 is 23.6 Å². The zero-order valence-corrected chi connectivity index (χ0v) is 10.6. The molecule has 0 aromatic rings.